The van der Waals surface area contributed by atoms with Crippen LogP contribution < -0.4 is 0 Å². The normalized spacial score (nSPS) is 20.5. The van der Waals surface area contributed by atoms with E-state index in [1.165, 1.54) is 24.9 Å². The first-order chi connectivity index (χ1) is 11.5. The average Bonchev–Trinajstić information content (AvgIpc) is 2.84. The van der Waals surface area contributed by atoms with E-state index in [0.717, 1.165) is 0 Å². The van der Waals surface area contributed by atoms with Gasteiger partial charge in [-0.3, -0.25) is 9.59 Å². The van der Waals surface area contributed by atoms with Crippen LogP contribution >= 0.6 is 11.8 Å². The largest absolute Gasteiger partial charge is 0.375 e. The number of ether oxygens (including phenoxy) is 1. The molecule has 1 aliphatic rings. The predicted molar refractivity (Wildman–Crippen MR) is 92.0 cm³/mol. The molecule has 1 aliphatic heterocycles. The number of likely N-dealkylation sites (N-methyl/N-ethyl adjacent to an activating group) is 1. The third-order valence-corrected chi connectivity index (χ3v) is 5.41. The molecule has 2 rings (SSSR count). The minimum atomic E-state index is -0.357. The summed E-state index contributed by atoms with van der Waals surface area (Å²) in [5.41, 5.74) is 0.506. The molecule has 1 aromatic carbocycles. The third-order valence-electron chi connectivity index (χ3n) is 4.03. The van der Waals surface area contributed by atoms with Crippen LogP contribution in [0.5, 0.6) is 0 Å². The molecule has 2 unspecified atom stereocenters. The number of amides is 2. The molecular weight excluding hydrogens is 331 g/mol. The van der Waals surface area contributed by atoms with Gasteiger partial charge in [-0.05, 0) is 19.9 Å². The zero-order valence-corrected chi connectivity index (χ0v) is 15.0. The number of hydrogen-bond donors (Lipinski definition) is 0. The molecule has 2 atom stereocenters. The molecule has 1 aromatic rings. The monoisotopic (exact) mass is 354 g/mol. The Morgan fingerprint density at radius 1 is 1.42 bits per heavy atom. The van der Waals surface area contributed by atoms with Crippen molar-refractivity contribution in [3.63, 3.8) is 0 Å². The van der Waals surface area contributed by atoms with E-state index in [1.54, 1.807) is 28.0 Å². The fourth-order valence-electron chi connectivity index (χ4n) is 2.72. The van der Waals surface area contributed by atoms with Crippen LogP contribution in [0, 0.1) is 5.82 Å². The Kier molecular flexibility index (Phi) is 6.62. The molecule has 0 N–H and O–H groups in total. The van der Waals surface area contributed by atoms with Gasteiger partial charge in [0.2, 0.25) is 11.8 Å². The number of hydrogen-bond acceptors (Lipinski definition) is 4. The molecule has 0 aliphatic carbocycles. The van der Waals surface area contributed by atoms with Crippen LogP contribution in [0.3, 0.4) is 0 Å². The molecule has 132 valence electrons. The van der Waals surface area contributed by atoms with E-state index in [0.29, 0.717) is 25.2 Å². The fourth-order valence-corrected chi connectivity index (χ4v) is 4.05. The minimum Gasteiger partial charge on any atom is -0.375 e. The van der Waals surface area contributed by atoms with Gasteiger partial charge in [-0.1, -0.05) is 18.2 Å². The van der Waals surface area contributed by atoms with Gasteiger partial charge in [-0.15, -0.1) is 11.8 Å². The summed E-state index contributed by atoms with van der Waals surface area (Å²) in [6.07, 6.45) is 0. The van der Waals surface area contributed by atoms with Crippen molar-refractivity contribution in [2.75, 3.05) is 33.4 Å². The number of halogens is 1. The van der Waals surface area contributed by atoms with Gasteiger partial charge in [0.1, 0.15) is 17.8 Å². The van der Waals surface area contributed by atoms with E-state index in [4.69, 9.17) is 4.74 Å². The summed E-state index contributed by atoms with van der Waals surface area (Å²) >= 11 is 1.44. The molecule has 1 fully saturated rings. The molecule has 24 heavy (non-hydrogen) atoms. The Hall–Kier alpha value is -1.60. The van der Waals surface area contributed by atoms with Crippen molar-refractivity contribution in [2.45, 2.75) is 24.5 Å². The number of carbonyl (C=O) groups excluding carboxylic acids is 2. The lowest BCUT2D eigenvalue weighted by Gasteiger charge is -2.28. The summed E-state index contributed by atoms with van der Waals surface area (Å²) in [4.78, 5) is 27.7. The zero-order chi connectivity index (χ0) is 17.7. The number of thioether (sulfide) groups is 1. The first kappa shape index (κ1) is 18.7. The molecule has 0 spiro atoms. The number of methoxy groups -OCH3 is 1. The summed E-state index contributed by atoms with van der Waals surface area (Å²) in [6, 6.07) is 6.52. The number of carbonyl (C=O) groups is 2. The summed E-state index contributed by atoms with van der Waals surface area (Å²) in [5, 5.41) is -0.579. The molecule has 5 nitrogen and oxygen atoms in total. The summed E-state index contributed by atoms with van der Waals surface area (Å²) in [7, 11) is 1.47. The summed E-state index contributed by atoms with van der Waals surface area (Å²) in [5.74, 6) is -0.456. The first-order valence-electron chi connectivity index (χ1n) is 7.96. The topological polar surface area (TPSA) is 49.9 Å². The van der Waals surface area contributed by atoms with Crippen molar-refractivity contribution < 1.29 is 18.7 Å². The van der Waals surface area contributed by atoms with E-state index in [-0.39, 0.29) is 34.9 Å². The number of benzene rings is 1. The van der Waals surface area contributed by atoms with E-state index in [9.17, 15) is 14.0 Å². The van der Waals surface area contributed by atoms with Gasteiger partial charge >= 0.3 is 0 Å². The van der Waals surface area contributed by atoms with E-state index < -0.39 is 0 Å². The SMILES string of the molecule is CCN(CCN1C(=O)C(C)SC1c1ccccc1F)C(=O)COC. The van der Waals surface area contributed by atoms with Crippen molar-refractivity contribution in [1.82, 2.24) is 9.80 Å². The van der Waals surface area contributed by atoms with E-state index >= 15 is 0 Å². The molecule has 1 heterocycles. The van der Waals surface area contributed by atoms with Crippen molar-refractivity contribution in [1.29, 1.82) is 0 Å². The Bertz CT molecular complexity index is 599. The highest BCUT2D eigenvalue weighted by molar-refractivity contribution is 8.01. The lowest BCUT2D eigenvalue weighted by atomic mass is 10.2. The standard InChI is InChI=1S/C17H23FN2O3S/c1-4-19(15(21)11-23-3)9-10-20-16(22)12(2)24-17(20)13-7-5-6-8-14(13)18/h5-8,12,17H,4,9-11H2,1-3H3. The Balaban J connectivity index is 2.12. The molecule has 7 heteroatoms. The second-order valence-electron chi connectivity index (χ2n) is 5.59. The summed E-state index contributed by atoms with van der Waals surface area (Å²) in [6.45, 7) is 5.04. The minimum absolute atomic E-state index is 0.0175. The second kappa shape index (κ2) is 8.48. The highest BCUT2D eigenvalue weighted by Gasteiger charge is 2.39. The first-order valence-corrected chi connectivity index (χ1v) is 8.91. The van der Waals surface area contributed by atoms with Crippen LogP contribution in [-0.4, -0.2) is 60.2 Å². The molecule has 1 saturated heterocycles. The molecular formula is C17H23FN2O3S. The second-order valence-corrected chi connectivity index (χ2v) is 7.02. The van der Waals surface area contributed by atoms with Crippen LogP contribution in [0.1, 0.15) is 24.8 Å². The molecule has 0 bridgehead atoms. The van der Waals surface area contributed by atoms with Crippen LogP contribution in [0.25, 0.3) is 0 Å². The molecule has 2 amide bonds. The van der Waals surface area contributed by atoms with Crippen molar-refractivity contribution in [3.05, 3.63) is 35.6 Å². The van der Waals surface area contributed by atoms with Crippen molar-refractivity contribution >= 4 is 23.6 Å². The van der Waals surface area contributed by atoms with Crippen LogP contribution in [-0.2, 0) is 14.3 Å². The van der Waals surface area contributed by atoms with Gasteiger partial charge in [0.15, 0.2) is 0 Å². The quantitative estimate of drug-likeness (QED) is 0.754. The lowest BCUT2D eigenvalue weighted by Crippen LogP contribution is -2.41. The third kappa shape index (κ3) is 4.08. The maximum atomic E-state index is 14.1. The van der Waals surface area contributed by atoms with E-state index in [2.05, 4.69) is 0 Å². The van der Waals surface area contributed by atoms with Crippen molar-refractivity contribution in [2.24, 2.45) is 0 Å². The van der Waals surface area contributed by atoms with Gasteiger partial charge in [0.25, 0.3) is 0 Å². The number of rotatable bonds is 7. The highest BCUT2D eigenvalue weighted by Crippen LogP contribution is 2.43. The maximum Gasteiger partial charge on any atom is 0.248 e. The van der Waals surface area contributed by atoms with Gasteiger partial charge in [0.05, 0.1) is 5.25 Å². The molecule has 0 aromatic heterocycles. The Morgan fingerprint density at radius 2 is 2.12 bits per heavy atom. The van der Waals surface area contributed by atoms with Crippen molar-refractivity contribution in [3.8, 4) is 0 Å². The smallest absolute Gasteiger partial charge is 0.248 e. The van der Waals surface area contributed by atoms with Crippen LogP contribution in [0.4, 0.5) is 4.39 Å². The highest BCUT2D eigenvalue weighted by atomic mass is 32.2. The molecule has 0 radical (unpaired) electrons. The average molecular weight is 354 g/mol. The van der Waals surface area contributed by atoms with Gasteiger partial charge in [0, 0.05) is 32.3 Å². The van der Waals surface area contributed by atoms with Crippen LogP contribution in [0.2, 0.25) is 0 Å². The van der Waals surface area contributed by atoms with E-state index in [1.807, 2.05) is 13.8 Å². The Morgan fingerprint density at radius 3 is 2.75 bits per heavy atom. The van der Waals surface area contributed by atoms with Gasteiger partial charge < -0.3 is 14.5 Å². The fraction of sp³-hybridized carbons (Fsp3) is 0.529. The predicted octanol–water partition coefficient (Wildman–Crippen LogP) is 2.28. The van der Waals surface area contributed by atoms with Gasteiger partial charge in [-0.2, -0.15) is 0 Å². The molecule has 0 saturated carbocycles. The summed E-state index contributed by atoms with van der Waals surface area (Å²) < 4.78 is 19.0. The maximum absolute atomic E-state index is 14.1. The zero-order valence-electron chi connectivity index (χ0n) is 14.2. The Labute approximate surface area is 146 Å². The number of nitrogens with zero attached hydrogens (tertiary/aromatic N) is 2. The lowest BCUT2D eigenvalue weighted by molar-refractivity contribution is -0.137. The van der Waals surface area contributed by atoms with Crippen LogP contribution in [0.15, 0.2) is 24.3 Å². The van der Waals surface area contributed by atoms with Gasteiger partial charge in [-0.25, -0.2) is 4.39 Å².